The second kappa shape index (κ2) is 7.23. The van der Waals surface area contributed by atoms with Gasteiger partial charge in [0.15, 0.2) is 34.8 Å². The highest BCUT2D eigenvalue weighted by Gasteiger charge is 2.19. The van der Waals surface area contributed by atoms with E-state index in [4.69, 9.17) is 4.74 Å². The largest absolute Gasteiger partial charge is 0.488 e. The Morgan fingerprint density at radius 2 is 1.52 bits per heavy atom. The zero-order valence-electron chi connectivity index (χ0n) is 13.8. The van der Waals surface area contributed by atoms with E-state index < -0.39 is 46.2 Å². The lowest BCUT2D eigenvalue weighted by Gasteiger charge is -2.07. The smallest absolute Gasteiger partial charge is 0.204 e. The molecule has 0 saturated carbocycles. The Hall–Kier alpha value is -3.14. The van der Waals surface area contributed by atoms with Gasteiger partial charge < -0.3 is 4.74 Å². The second-order valence-electron chi connectivity index (χ2n) is 5.47. The van der Waals surface area contributed by atoms with Crippen LogP contribution < -0.4 is 4.74 Å². The van der Waals surface area contributed by atoms with Gasteiger partial charge in [0, 0.05) is 10.9 Å². The molecule has 0 saturated heterocycles. The van der Waals surface area contributed by atoms with Crippen molar-refractivity contribution in [2.45, 2.75) is 6.92 Å². The number of fused-ring (bicyclic) bond motifs is 1. The summed E-state index contributed by atoms with van der Waals surface area (Å²) in [5.74, 6) is -4.42. The molecular formula is C20H10F6O. The fourth-order valence-corrected chi connectivity index (χ4v) is 2.47. The minimum absolute atomic E-state index is 0.0303. The fraction of sp³-hybridized carbons (Fsp3) is 0.100. The Balaban J connectivity index is 2.05. The van der Waals surface area contributed by atoms with Crippen molar-refractivity contribution in [3.8, 4) is 17.6 Å². The van der Waals surface area contributed by atoms with Gasteiger partial charge in [-0.1, -0.05) is 17.9 Å². The average Bonchev–Trinajstić information content (AvgIpc) is 2.65. The van der Waals surface area contributed by atoms with Crippen LogP contribution in [-0.4, -0.2) is 6.61 Å². The Morgan fingerprint density at radius 1 is 0.778 bits per heavy atom. The molecule has 0 fully saturated rings. The standard InChI is InChI=1S/C20H10F6O/c1-2-27-20-15(22)8-11(16(23)19(20)26)5-3-10-4-6-13-12(7-10)9-14(21)18(25)17(13)24/h4,6-9H,2H2,1H3. The maximum atomic E-state index is 14.0. The van der Waals surface area contributed by atoms with E-state index in [9.17, 15) is 26.3 Å². The summed E-state index contributed by atoms with van der Waals surface area (Å²) >= 11 is 0. The van der Waals surface area contributed by atoms with Crippen LogP contribution in [0.4, 0.5) is 26.3 Å². The van der Waals surface area contributed by atoms with Crippen molar-refractivity contribution in [1.82, 2.24) is 0 Å². The van der Waals surface area contributed by atoms with Crippen molar-refractivity contribution in [2.24, 2.45) is 0 Å². The third kappa shape index (κ3) is 3.43. The third-order valence-electron chi connectivity index (χ3n) is 3.72. The van der Waals surface area contributed by atoms with Crippen molar-refractivity contribution >= 4 is 10.8 Å². The van der Waals surface area contributed by atoms with Gasteiger partial charge in [-0.25, -0.2) is 22.0 Å². The van der Waals surface area contributed by atoms with Crippen molar-refractivity contribution in [1.29, 1.82) is 0 Å². The summed E-state index contributed by atoms with van der Waals surface area (Å²) in [4.78, 5) is 0. The van der Waals surface area contributed by atoms with Gasteiger partial charge in [-0.05, 0) is 36.6 Å². The number of hydrogen-bond acceptors (Lipinski definition) is 1. The Bertz CT molecular complexity index is 1110. The first-order chi connectivity index (χ1) is 12.8. The molecule has 27 heavy (non-hydrogen) atoms. The molecule has 1 nitrogen and oxygen atoms in total. The summed E-state index contributed by atoms with van der Waals surface area (Å²) in [5, 5.41) is -0.133. The summed E-state index contributed by atoms with van der Waals surface area (Å²) in [6.45, 7) is 1.44. The predicted octanol–water partition coefficient (Wildman–Crippen LogP) is 5.47. The molecule has 3 aromatic rings. The molecule has 0 aliphatic rings. The Morgan fingerprint density at radius 3 is 2.22 bits per heavy atom. The molecule has 0 amide bonds. The van der Waals surface area contributed by atoms with E-state index in [1.165, 1.54) is 25.1 Å². The van der Waals surface area contributed by atoms with Gasteiger partial charge in [0.2, 0.25) is 5.82 Å². The van der Waals surface area contributed by atoms with Gasteiger partial charge in [-0.3, -0.25) is 0 Å². The molecule has 0 bridgehead atoms. The number of rotatable bonds is 2. The highest BCUT2D eigenvalue weighted by atomic mass is 19.2. The molecule has 138 valence electrons. The molecule has 0 N–H and O–H groups in total. The van der Waals surface area contributed by atoms with Gasteiger partial charge in [0.1, 0.15) is 0 Å². The number of benzene rings is 3. The zero-order valence-corrected chi connectivity index (χ0v) is 13.8. The lowest BCUT2D eigenvalue weighted by Crippen LogP contribution is -2.02. The molecule has 0 aliphatic heterocycles. The molecule has 0 heterocycles. The Kier molecular flexibility index (Phi) is 5.00. The van der Waals surface area contributed by atoms with Gasteiger partial charge in [0.25, 0.3) is 0 Å². The maximum Gasteiger partial charge on any atom is 0.204 e. The molecule has 0 atom stereocenters. The van der Waals surface area contributed by atoms with Crippen LogP contribution in [-0.2, 0) is 0 Å². The average molecular weight is 380 g/mol. The van der Waals surface area contributed by atoms with Gasteiger partial charge in [-0.2, -0.15) is 4.39 Å². The zero-order chi connectivity index (χ0) is 19.7. The van der Waals surface area contributed by atoms with Crippen molar-refractivity contribution in [3.63, 3.8) is 0 Å². The molecular weight excluding hydrogens is 370 g/mol. The van der Waals surface area contributed by atoms with Crippen LogP contribution in [0, 0.1) is 46.7 Å². The SMILES string of the molecule is CCOc1c(F)cc(C#Cc2ccc3c(F)c(F)c(F)cc3c2)c(F)c1F. The first-order valence-corrected chi connectivity index (χ1v) is 7.73. The van der Waals surface area contributed by atoms with Crippen molar-refractivity contribution in [2.75, 3.05) is 6.61 Å². The number of ether oxygens (including phenoxy) is 1. The van der Waals surface area contributed by atoms with Crippen LogP contribution in [0.5, 0.6) is 5.75 Å². The van der Waals surface area contributed by atoms with Gasteiger partial charge in [0.05, 0.1) is 12.2 Å². The van der Waals surface area contributed by atoms with Crippen LogP contribution >= 0.6 is 0 Å². The number of halogens is 6. The molecule has 0 aliphatic carbocycles. The lowest BCUT2D eigenvalue weighted by atomic mass is 10.1. The van der Waals surface area contributed by atoms with Crippen LogP contribution in [0.25, 0.3) is 10.8 Å². The van der Waals surface area contributed by atoms with Gasteiger partial charge in [-0.15, -0.1) is 0 Å². The van der Waals surface area contributed by atoms with Crippen molar-refractivity contribution in [3.05, 3.63) is 76.4 Å². The second-order valence-corrected chi connectivity index (χ2v) is 5.47. The molecule has 0 unspecified atom stereocenters. The highest BCUT2D eigenvalue weighted by Crippen LogP contribution is 2.27. The highest BCUT2D eigenvalue weighted by molar-refractivity contribution is 5.84. The lowest BCUT2D eigenvalue weighted by molar-refractivity contribution is 0.295. The molecule has 0 radical (unpaired) electrons. The van der Waals surface area contributed by atoms with Crippen molar-refractivity contribution < 1.29 is 31.1 Å². The van der Waals surface area contributed by atoms with Crippen LogP contribution in [0.2, 0.25) is 0 Å². The maximum absolute atomic E-state index is 14.0. The third-order valence-corrected chi connectivity index (χ3v) is 3.72. The van der Waals surface area contributed by atoms with E-state index in [0.717, 1.165) is 6.07 Å². The number of hydrogen-bond donors (Lipinski definition) is 0. The predicted molar refractivity (Wildman–Crippen MR) is 87.3 cm³/mol. The van der Waals surface area contributed by atoms with Gasteiger partial charge >= 0.3 is 0 Å². The van der Waals surface area contributed by atoms with E-state index in [-0.39, 0.29) is 22.9 Å². The molecule has 0 spiro atoms. The summed E-state index contributed by atoms with van der Waals surface area (Å²) in [7, 11) is 0. The van der Waals surface area contributed by atoms with Crippen LogP contribution in [0.1, 0.15) is 18.1 Å². The molecule has 3 rings (SSSR count). The van der Waals surface area contributed by atoms with Crippen LogP contribution in [0.15, 0.2) is 30.3 Å². The van der Waals surface area contributed by atoms with E-state index >= 15 is 0 Å². The molecule has 0 aromatic heterocycles. The summed E-state index contributed by atoms with van der Waals surface area (Å²) < 4.78 is 86.6. The summed E-state index contributed by atoms with van der Waals surface area (Å²) in [6, 6.07) is 5.18. The van der Waals surface area contributed by atoms with E-state index in [1.807, 2.05) is 0 Å². The molecule has 3 aromatic carbocycles. The summed E-state index contributed by atoms with van der Waals surface area (Å²) in [6.07, 6.45) is 0. The minimum atomic E-state index is -1.59. The van der Waals surface area contributed by atoms with Crippen LogP contribution in [0.3, 0.4) is 0 Å². The summed E-state index contributed by atoms with van der Waals surface area (Å²) in [5.41, 5.74) is -0.368. The van der Waals surface area contributed by atoms with E-state index in [1.54, 1.807) is 0 Å². The Labute approximate surface area is 150 Å². The monoisotopic (exact) mass is 380 g/mol. The minimum Gasteiger partial charge on any atom is -0.488 e. The first kappa shape index (κ1) is 18.6. The van der Waals surface area contributed by atoms with E-state index in [0.29, 0.717) is 6.07 Å². The topological polar surface area (TPSA) is 9.23 Å². The quantitative estimate of drug-likeness (QED) is 0.248. The molecule has 7 heteroatoms. The van der Waals surface area contributed by atoms with E-state index in [2.05, 4.69) is 11.8 Å². The normalized spacial score (nSPS) is 10.6. The fourth-order valence-electron chi connectivity index (χ4n) is 2.47. The first-order valence-electron chi connectivity index (χ1n) is 7.73.